The second-order valence-corrected chi connectivity index (χ2v) is 8.86. The maximum Gasteiger partial charge on any atom is 0.243 e. The number of sulfonamides is 1. The SMILES string of the molecule is CN([C@@H]1CCCN(Cc2cnn(C)c2)CC1)S(=O)(=O)c1cccc(F)c1. The Bertz CT molecular complexity index is 852. The maximum atomic E-state index is 13.4. The van der Waals surface area contributed by atoms with Crippen molar-refractivity contribution in [3.05, 3.63) is 48.0 Å². The molecule has 0 bridgehead atoms. The molecule has 1 atom stereocenters. The Morgan fingerprint density at radius 2 is 2.12 bits per heavy atom. The van der Waals surface area contributed by atoms with Crippen molar-refractivity contribution in [2.24, 2.45) is 7.05 Å². The van der Waals surface area contributed by atoms with Crippen molar-refractivity contribution < 1.29 is 12.8 Å². The molecule has 0 spiro atoms. The van der Waals surface area contributed by atoms with Crippen LogP contribution >= 0.6 is 0 Å². The van der Waals surface area contributed by atoms with Gasteiger partial charge in [-0.2, -0.15) is 9.40 Å². The summed E-state index contributed by atoms with van der Waals surface area (Å²) in [7, 11) is -0.193. The van der Waals surface area contributed by atoms with Gasteiger partial charge < -0.3 is 0 Å². The van der Waals surface area contributed by atoms with Gasteiger partial charge in [-0.15, -0.1) is 0 Å². The van der Waals surface area contributed by atoms with Crippen LogP contribution in [0, 0.1) is 5.82 Å². The van der Waals surface area contributed by atoms with Crippen LogP contribution in [0.5, 0.6) is 0 Å². The molecule has 6 nitrogen and oxygen atoms in total. The molecule has 0 aliphatic carbocycles. The van der Waals surface area contributed by atoms with Crippen LogP contribution < -0.4 is 0 Å². The summed E-state index contributed by atoms with van der Waals surface area (Å²) >= 11 is 0. The third-order valence-electron chi connectivity index (χ3n) is 4.94. The molecule has 0 radical (unpaired) electrons. The van der Waals surface area contributed by atoms with Crippen molar-refractivity contribution >= 4 is 10.0 Å². The van der Waals surface area contributed by atoms with Crippen LogP contribution in [0.3, 0.4) is 0 Å². The molecular weight excluding hydrogens is 355 g/mol. The maximum absolute atomic E-state index is 13.4. The third kappa shape index (κ3) is 4.31. The van der Waals surface area contributed by atoms with Crippen LogP contribution in [0.1, 0.15) is 24.8 Å². The fraction of sp³-hybridized carbons (Fsp3) is 0.500. The van der Waals surface area contributed by atoms with Crippen molar-refractivity contribution in [1.82, 2.24) is 19.0 Å². The Morgan fingerprint density at radius 3 is 2.81 bits per heavy atom. The molecule has 8 heteroatoms. The summed E-state index contributed by atoms with van der Waals surface area (Å²) in [5, 5.41) is 4.19. The summed E-state index contributed by atoms with van der Waals surface area (Å²) in [6, 6.07) is 5.12. The topological polar surface area (TPSA) is 58.4 Å². The van der Waals surface area contributed by atoms with E-state index in [-0.39, 0.29) is 10.9 Å². The number of rotatable bonds is 5. The Labute approximate surface area is 154 Å². The molecular formula is C18H25FN4O2S. The first-order chi connectivity index (χ1) is 12.4. The second-order valence-electron chi connectivity index (χ2n) is 6.86. The molecule has 0 saturated carbocycles. The van der Waals surface area contributed by atoms with E-state index in [1.807, 2.05) is 19.4 Å². The zero-order valence-corrected chi connectivity index (χ0v) is 16.0. The molecule has 1 aliphatic rings. The number of likely N-dealkylation sites (tertiary alicyclic amines) is 1. The molecule has 1 aromatic heterocycles. The minimum Gasteiger partial charge on any atom is -0.299 e. The lowest BCUT2D eigenvalue weighted by Gasteiger charge is -2.26. The van der Waals surface area contributed by atoms with E-state index in [0.717, 1.165) is 50.5 Å². The first kappa shape index (κ1) is 19.0. The average molecular weight is 380 g/mol. The van der Waals surface area contributed by atoms with E-state index < -0.39 is 15.8 Å². The third-order valence-corrected chi connectivity index (χ3v) is 6.85. The molecule has 142 valence electrons. The van der Waals surface area contributed by atoms with Crippen molar-refractivity contribution in [2.75, 3.05) is 20.1 Å². The molecule has 1 aromatic carbocycles. The van der Waals surface area contributed by atoms with Gasteiger partial charge in [-0.25, -0.2) is 12.8 Å². The van der Waals surface area contributed by atoms with Gasteiger partial charge >= 0.3 is 0 Å². The molecule has 0 unspecified atom stereocenters. The monoisotopic (exact) mass is 380 g/mol. The number of aromatic nitrogens is 2. The zero-order valence-electron chi connectivity index (χ0n) is 15.2. The molecule has 26 heavy (non-hydrogen) atoms. The summed E-state index contributed by atoms with van der Waals surface area (Å²) in [5.41, 5.74) is 1.16. The zero-order chi connectivity index (χ0) is 18.7. The quantitative estimate of drug-likeness (QED) is 0.798. The first-order valence-corrected chi connectivity index (χ1v) is 10.2. The van der Waals surface area contributed by atoms with Gasteiger partial charge in [0.1, 0.15) is 5.82 Å². The number of benzene rings is 1. The van der Waals surface area contributed by atoms with Crippen LogP contribution in [-0.4, -0.2) is 53.6 Å². The minimum atomic E-state index is -3.69. The number of aryl methyl sites for hydroxylation is 1. The van der Waals surface area contributed by atoms with Crippen LogP contribution in [0.15, 0.2) is 41.6 Å². The second kappa shape index (κ2) is 7.85. The highest BCUT2D eigenvalue weighted by molar-refractivity contribution is 7.89. The van der Waals surface area contributed by atoms with Gasteiger partial charge in [-0.05, 0) is 44.0 Å². The first-order valence-electron chi connectivity index (χ1n) is 8.80. The fourth-order valence-corrected chi connectivity index (χ4v) is 4.91. The van der Waals surface area contributed by atoms with E-state index in [4.69, 9.17) is 0 Å². The normalized spacial score (nSPS) is 19.6. The summed E-state index contributed by atoms with van der Waals surface area (Å²) in [6.45, 7) is 2.57. The van der Waals surface area contributed by atoms with Crippen molar-refractivity contribution in [2.45, 2.75) is 36.7 Å². The molecule has 2 aromatic rings. The molecule has 0 N–H and O–H groups in total. The van der Waals surface area contributed by atoms with Crippen LogP contribution in [0.4, 0.5) is 4.39 Å². The Morgan fingerprint density at radius 1 is 1.31 bits per heavy atom. The van der Waals surface area contributed by atoms with Gasteiger partial charge in [-0.3, -0.25) is 9.58 Å². The Balaban J connectivity index is 1.66. The molecule has 1 aliphatic heterocycles. The van der Waals surface area contributed by atoms with E-state index in [0.29, 0.717) is 0 Å². The summed E-state index contributed by atoms with van der Waals surface area (Å²) < 4.78 is 42.2. The van der Waals surface area contributed by atoms with E-state index in [1.54, 1.807) is 11.7 Å². The van der Waals surface area contributed by atoms with Crippen LogP contribution in [0.2, 0.25) is 0 Å². The highest BCUT2D eigenvalue weighted by Crippen LogP contribution is 2.24. The van der Waals surface area contributed by atoms with Gasteiger partial charge in [0.05, 0.1) is 11.1 Å². The van der Waals surface area contributed by atoms with Gasteiger partial charge in [-0.1, -0.05) is 6.07 Å². The molecule has 3 rings (SSSR count). The van der Waals surface area contributed by atoms with Gasteiger partial charge in [0.15, 0.2) is 0 Å². The number of hydrogen-bond acceptors (Lipinski definition) is 4. The molecule has 1 saturated heterocycles. The number of hydrogen-bond donors (Lipinski definition) is 0. The molecule has 2 heterocycles. The fourth-order valence-electron chi connectivity index (χ4n) is 3.46. The lowest BCUT2D eigenvalue weighted by molar-refractivity contribution is 0.266. The predicted octanol–water partition coefficient (Wildman–Crippen LogP) is 2.23. The predicted molar refractivity (Wildman–Crippen MR) is 97.5 cm³/mol. The van der Waals surface area contributed by atoms with Crippen LogP contribution in [0.25, 0.3) is 0 Å². The lowest BCUT2D eigenvalue weighted by atomic mass is 10.1. The number of halogens is 1. The summed E-state index contributed by atoms with van der Waals surface area (Å²) in [5.74, 6) is -0.539. The van der Waals surface area contributed by atoms with Gasteiger partial charge in [0.2, 0.25) is 10.0 Å². The lowest BCUT2D eigenvalue weighted by Crippen LogP contribution is -2.37. The van der Waals surface area contributed by atoms with Gasteiger partial charge in [0.25, 0.3) is 0 Å². The molecule has 0 amide bonds. The van der Waals surface area contributed by atoms with Crippen molar-refractivity contribution in [3.8, 4) is 0 Å². The van der Waals surface area contributed by atoms with Crippen molar-refractivity contribution in [3.63, 3.8) is 0 Å². The smallest absolute Gasteiger partial charge is 0.243 e. The summed E-state index contributed by atoms with van der Waals surface area (Å²) in [4.78, 5) is 2.34. The van der Waals surface area contributed by atoms with E-state index >= 15 is 0 Å². The van der Waals surface area contributed by atoms with Crippen molar-refractivity contribution in [1.29, 1.82) is 0 Å². The van der Waals surface area contributed by atoms with E-state index in [1.165, 1.54) is 22.5 Å². The van der Waals surface area contributed by atoms with E-state index in [9.17, 15) is 12.8 Å². The summed E-state index contributed by atoms with van der Waals surface area (Å²) in [6.07, 6.45) is 6.35. The number of nitrogens with zero attached hydrogens (tertiary/aromatic N) is 4. The average Bonchev–Trinajstić information content (AvgIpc) is 2.87. The van der Waals surface area contributed by atoms with E-state index in [2.05, 4.69) is 10.00 Å². The van der Waals surface area contributed by atoms with Crippen LogP contribution in [-0.2, 0) is 23.6 Å². The Kier molecular flexibility index (Phi) is 5.74. The van der Waals surface area contributed by atoms with Gasteiger partial charge in [0, 0.05) is 45.0 Å². The highest BCUT2D eigenvalue weighted by atomic mass is 32.2. The highest BCUT2D eigenvalue weighted by Gasteiger charge is 2.29. The Hall–Kier alpha value is -1.77. The molecule has 1 fully saturated rings. The minimum absolute atomic E-state index is 0.0106. The largest absolute Gasteiger partial charge is 0.299 e. The standard InChI is InChI=1S/C18H25FN4O2S/c1-21-13-15(12-20-21)14-23-9-4-6-17(8-10-23)22(2)26(24,25)18-7-3-5-16(19)11-18/h3,5,7,11-13,17H,4,6,8-10,14H2,1-2H3/t17-/m1/s1.